The number of nitrogens with zero attached hydrogens (tertiary/aromatic N) is 1. The highest BCUT2D eigenvalue weighted by atomic mass is 16.2. The molecule has 3 unspecified atom stereocenters. The maximum atomic E-state index is 13.1. The lowest BCUT2D eigenvalue weighted by Gasteiger charge is -2.45. The Kier molecular flexibility index (Phi) is 5.03. The van der Waals surface area contributed by atoms with Crippen molar-refractivity contribution in [2.24, 2.45) is 35.3 Å². The van der Waals surface area contributed by atoms with Gasteiger partial charge >= 0.3 is 0 Å². The molecule has 3 saturated carbocycles. The van der Waals surface area contributed by atoms with E-state index >= 15 is 0 Å². The largest absolute Gasteiger partial charge is 0.356 e. The third-order valence-corrected chi connectivity index (χ3v) is 7.13. The number of amides is 2. The van der Waals surface area contributed by atoms with Crippen LogP contribution in [0.25, 0.3) is 0 Å². The number of piperidine rings is 1. The van der Waals surface area contributed by atoms with Crippen LogP contribution in [0, 0.1) is 29.6 Å². The average molecular weight is 348 g/mol. The van der Waals surface area contributed by atoms with E-state index in [0.717, 1.165) is 38.8 Å². The van der Waals surface area contributed by atoms with Crippen molar-refractivity contribution < 1.29 is 9.59 Å². The summed E-state index contributed by atoms with van der Waals surface area (Å²) in [6.07, 6.45) is 9.95. The summed E-state index contributed by atoms with van der Waals surface area (Å²) in [4.78, 5) is 27.5. The van der Waals surface area contributed by atoms with Crippen LogP contribution in [0.3, 0.4) is 0 Å². The third kappa shape index (κ3) is 3.86. The topological polar surface area (TPSA) is 75.4 Å². The zero-order valence-electron chi connectivity index (χ0n) is 15.3. The van der Waals surface area contributed by atoms with Gasteiger partial charge in [0.1, 0.15) is 0 Å². The molecule has 2 amide bonds. The molecule has 0 spiro atoms. The van der Waals surface area contributed by atoms with E-state index in [9.17, 15) is 9.59 Å². The number of carbonyl (C=O) groups is 2. The molecule has 4 aliphatic rings. The van der Waals surface area contributed by atoms with E-state index in [1.54, 1.807) is 0 Å². The zero-order chi connectivity index (χ0) is 17.4. The molecule has 0 aromatic rings. The Morgan fingerprint density at radius 1 is 0.960 bits per heavy atom. The number of rotatable bonds is 4. The van der Waals surface area contributed by atoms with E-state index in [2.05, 4.69) is 5.32 Å². The summed E-state index contributed by atoms with van der Waals surface area (Å²) in [5.74, 6) is 2.35. The normalized spacial score (nSPS) is 38.3. The van der Waals surface area contributed by atoms with E-state index < -0.39 is 0 Å². The maximum absolute atomic E-state index is 13.1. The number of likely N-dealkylation sites (tertiary alicyclic amines) is 1. The molecule has 5 nitrogen and oxygen atoms in total. The highest BCUT2D eigenvalue weighted by Crippen LogP contribution is 2.42. The molecule has 3 atom stereocenters. The highest BCUT2D eigenvalue weighted by molar-refractivity contribution is 5.82. The molecule has 140 valence electrons. The molecule has 5 heteroatoms. The molecule has 1 saturated heterocycles. The number of hydrogen-bond donors (Lipinski definition) is 2. The average Bonchev–Trinajstić information content (AvgIpc) is 3.43. The van der Waals surface area contributed by atoms with E-state index in [4.69, 9.17) is 5.73 Å². The van der Waals surface area contributed by atoms with Gasteiger partial charge in [0.15, 0.2) is 0 Å². The fourth-order valence-corrected chi connectivity index (χ4v) is 5.35. The van der Waals surface area contributed by atoms with Gasteiger partial charge in [-0.1, -0.05) is 6.42 Å². The number of fused-ring (bicyclic) bond motifs is 2. The Labute approximate surface area is 151 Å². The summed E-state index contributed by atoms with van der Waals surface area (Å²) in [6.45, 7) is 2.27. The minimum Gasteiger partial charge on any atom is -0.356 e. The van der Waals surface area contributed by atoms with E-state index in [-0.39, 0.29) is 17.7 Å². The lowest BCUT2D eigenvalue weighted by Crippen LogP contribution is -2.52. The third-order valence-electron chi connectivity index (χ3n) is 7.13. The monoisotopic (exact) mass is 347 g/mol. The number of nitrogens with two attached hydrogens (primary N) is 1. The Hall–Kier alpha value is -1.10. The Bertz CT molecular complexity index is 505. The van der Waals surface area contributed by atoms with Crippen molar-refractivity contribution in [2.75, 3.05) is 19.6 Å². The van der Waals surface area contributed by atoms with Crippen LogP contribution in [-0.4, -0.2) is 42.4 Å². The van der Waals surface area contributed by atoms with E-state index in [0.29, 0.717) is 36.2 Å². The molecule has 0 aromatic heterocycles. The van der Waals surface area contributed by atoms with Gasteiger partial charge in [-0.05, 0) is 69.1 Å². The maximum Gasteiger partial charge on any atom is 0.225 e. The minimum atomic E-state index is -0.0122. The lowest BCUT2D eigenvalue weighted by atomic mass is 9.65. The smallest absolute Gasteiger partial charge is 0.225 e. The van der Waals surface area contributed by atoms with Gasteiger partial charge in [0.25, 0.3) is 0 Å². The molecular weight excluding hydrogens is 314 g/mol. The summed E-state index contributed by atoms with van der Waals surface area (Å²) in [7, 11) is 0. The second kappa shape index (κ2) is 7.26. The second-order valence-electron chi connectivity index (χ2n) is 9.01. The zero-order valence-corrected chi connectivity index (χ0v) is 15.3. The summed E-state index contributed by atoms with van der Waals surface area (Å²) in [5.41, 5.74) is 6.37. The van der Waals surface area contributed by atoms with Gasteiger partial charge in [0, 0.05) is 31.6 Å². The van der Waals surface area contributed by atoms with Crippen molar-refractivity contribution in [2.45, 2.75) is 63.8 Å². The quantitative estimate of drug-likeness (QED) is 0.816. The van der Waals surface area contributed by atoms with Gasteiger partial charge in [0.2, 0.25) is 11.8 Å². The predicted octanol–water partition coefficient (Wildman–Crippen LogP) is 1.90. The van der Waals surface area contributed by atoms with Crippen LogP contribution in [0.15, 0.2) is 0 Å². The summed E-state index contributed by atoms with van der Waals surface area (Å²) in [6, 6.07) is 0.306. The van der Waals surface area contributed by atoms with Gasteiger partial charge in [-0.15, -0.1) is 0 Å². The van der Waals surface area contributed by atoms with Crippen LogP contribution >= 0.6 is 0 Å². The minimum absolute atomic E-state index is 0.0122. The van der Waals surface area contributed by atoms with Gasteiger partial charge in [-0.3, -0.25) is 9.59 Å². The molecule has 2 bridgehead atoms. The van der Waals surface area contributed by atoms with Crippen LogP contribution in [0.2, 0.25) is 0 Å². The molecule has 1 aliphatic heterocycles. The van der Waals surface area contributed by atoms with Crippen LogP contribution in [-0.2, 0) is 9.59 Å². The fraction of sp³-hybridized carbons (Fsp3) is 0.900. The summed E-state index contributed by atoms with van der Waals surface area (Å²) >= 11 is 0. The molecule has 4 fully saturated rings. The molecule has 4 rings (SSSR count). The second-order valence-corrected chi connectivity index (χ2v) is 9.01. The van der Waals surface area contributed by atoms with Crippen molar-refractivity contribution in [3.05, 3.63) is 0 Å². The Morgan fingerprint density at radius 2 is 1.68 bits per heavy atom. The van der Waals surface area contributed by atoms with Crippen molar-refractivity contribution in [3.63, 3.8) is 0 Å². The first-order valence-corrected chi connectivity index (χ1v) is 10.4. The van der Waals surface area contributed by atoms with E-state index in [1.807, 2.05) is 4.90 Å². The van der Waals surface area contributed by atoms with E-state index in [1.165, 1.54) is 32.1 Å². The summed E-state index contributed by atoms with van der Waals surface area (Å²) < 4.78 is 0. The van der Waals surface area contributed by atoms with Crippen LogP contribution in [0.5, 0.6) is 0 Å². The van der Waals surface area contributed by atoms with Crippen molar-refractivity contribution in [1.29, 1.82) is 0 Å². The number of hydrogen-bond acceptors (Lipinski definition) is 3. The molecule has 0 radical (unpaired) electrons. The van der Waals surface area contributed by atoms with Gasteiger partial charge in [-0.25, -0.2) is 0 Å². The van der Waals surface area contributed by atoms with Crippen LogP contribution in [0.1, 0.15) is 57.8 Å². The molecule has 3 N–H and O–H groups in total. The highest BCUT2D eigenvalue weighted by Gasteiger charge is 2.42. The van der Waals surface area contributed by atoms with Gasteiger partial charge in [0.05, 0.1) is 5.92 Å². The first-order valence-electron chi connectivity index (χ1n) is 10.4. The first kappa shape index (κ1) is 17.3. The number of nitrogens with one attached hydrogen (secondary N) is 1. The van der Waals surface area contributed by atoms with Gasteiger partial charge in [-0.2, -0.15) is 0 Å². The molecule has 3 aliphatic carbocycles. The fourth-order valence-electron chi connectivity index (χ4n) is 5.35. The standard InChI is InChI=1S/C20H33N3O2/c21-18-14-3-1-4-15(18)10-17(9-14)20(25)23-8-2-5-16(12-23)19(24)22-11-13-6-7-13/h13-18H,1-12,21H2,(H,22,24). The molecule has 1 heterocycles. The lowest BCUT2D eigenvalue weighted by molar-refractivity contribution is -0.142. The Balaban J connectivity index is 1.32. The predicted molar refractivity (Wildman–Crippen MR) is 96.6 cm³/mol. The Morgan fingerprint density at radius 3 is 2.36 bits per heavy atom. The molecule has 0 aromatic carbocycles. The van der Waals surface area contributed by atoms with Crippen molar-refractivity contribution in [1.82, 2.24) is 10.2 Å². The number of carbonyl (C=O) groups excluding carboxylic acids is 2. The van der Waals surface area contributed by atoms with Crippen LogP contribution in [0.4, 0.5) is 0 Å². The molecular formula is C20H33N3O2. The molecule has 25 heavy (non-hydrogen) atoms. The van der Waals surface area contributed by atoms with Gasteiger partial charge < -0.3 is 16.0 Å². The van der Waals surface area contributed by atoms with Crippen LogP contribution < -0.4 is 11.1 Å². The first-order chi connectivity index (χ1) is 12.1. The summed E-state index contributed by atoms with van der Waals surface area (Å²) in [5, 5.41) is 3.10. The SMILES string of the molecule is NC1C2CCCC1CC(C(=O)N1CCCC(C(=O)NCC3CC3)C1)C2. The van der Waals surface area contributed by atoms with Crippen molar-refractivity contribution in [3.8, 4) is 0 Å². The van der Waals surface area contributed by atoms with Crippen molar-refractivity contribution >= 4 is 11.8 Å².